The largest absolute Gasteiger partial charge is 0.391 e. The smallest absolute Gasteiger partial charge is 0.323 e. The lowest BCUT2D eigenvalue weighted by Crippen LogP contribution is -2.07. The van der Waals surface area contributed by atoms with Crippen molar-refractivity contribution in [3.8, 4) is 0 Å². The number of H-pyrrole nitrogens is 1. The highest BCUT2D eigenvalue weighted by Crippen LogP contribution is 2.31. The van der Waals surface area contributed by atoms with Gasteiger partial charge in [0.25, 0.3) is 0 Å². The van der Waals surface area contributed by atoms with E-state index in [2.05, 4.69) is 9.97 Å². The first kappa shape index (κ1) is 7.75. The van der Waals surface area contributed by atoms with E-state index < -0.39 is 13.2 Å². The van der Waals surface area contributed by atoms with Gasteiger partial charge in [0.15, 0.2) is 0 Å². The van der Waals surface area contributed by atoms with Gasteiger partial charge in [-0.1, -0.05) is 11.6 Å². The summed E-state index contributed by atoms with van der Waals surface area (Å²) in [7, 11) is -4.25. The van der Waals surface area contributed by atoms with Gasteiger partial charge in [-0.15, -0.1) is 0 Å². The van der Waals surface area contributed by atoms with Crippen LogP contribution in [0.15, 0.2) is 6.20 Å². The van der Waals surface area contributed by atoms with Crippen LogP contribution in [0.3, 0.4) is 0 Å². The number of rotatable bonds is 1. The number of aromatic nitrogens is 2. The van der Waals surface area contributed by atoms with E-state index in [1.54, 1.807) is 0 Å². The molecule has 0 amide bonds. The molecule has 1 aromatic rings. The molecule has 0 radical (unpaired) electrons. The molecule has 0 aliphatic rings. The van der Waals surface area contributed by atoms with Crippen LogP contribution in [-0.4, -0.2) is 19.8 Å². The van der Waals surface area contributed by atoms with Gasteiger partial charge in [0.1, 0.15) is 5.15 Å². The Morgan fingerprint density at radius 1 is 1.70 bits per heavy atom. The van der Waals surface area contributed by atoms with Crippen molar-refractivity contribution < 1.29 is 14.4 Å². The Morgan fingerprint density at radius 3 is 2.50 bits per heavy atom. The molecule has 0 aliphatic heterocycles. The minimum Gasteiger partial charge on any atom is -0.323 e. The predicted molar refractivity (Wildman–Crippen MR) is 35.3 cm³/mol. The summed E-state index contributed by atoms with van der Waals surface area (Å²) in [5.41, 5.74) is -0.405. The molecule has 3 N–H and O–H groups in total. The molecular weight excluding hydrogens is 178 g/mol. The lowest BCUT2D eigenvalue weighted by molar-refractivity contribution is 0.385. The zero-order valence-electron chi connectivity index (χ0n) is 4.65. The lowest BCUT2D eigenvalue weighted by atomic mass is 11.0. The third-order valence-corrected chi connectivity index (χ3v) is 1.78. The highest BCUT2D eigenvalue weighted by molar-refractivity contribution is 7.59. The van der Waals surface area contributed by atoms with Crippen LogP contribution >= 0.6 is 19.2 Å². The highest BCUT2D eigenvalue weighted by Gasteiger charge is 2.20. The Morgan fingerprint density at radius 2 is 2.30 bits per heavy atom. The summed E-state index contributed by atoms with van der Waals surface area (Å²) in [6.07, 6.45) is 1.13. The van der Waals surface area contributed by atoms with Gasteiger partial charge in [-0.3, -0.25) is 4.57 Å². The van der Waals surface area contributed by atoms with Gasteiger partial charge in [0.2, 0.25) is 5.57 Å². The third kappa shape index (κ3) is 1.58. The third-order valence-electron chi connectivity index (χ3n) is 0.807. The van der Waals surface area contributed by atoms with Crippen molar-refractivity contribution in [2.45, 2.75) is 0 Å². The molecule has 0 spiro atoms. The molecule has 0 saturated carbocycles. The second kappa shape index (κ2) is 2.36. The molecule has 56 valence electrons. The van der Waals surface area contributed by atoms with Crippen molar-refractivity contribution in [3.05, 3.63) is 11.3 Å². The highest BCUT2D eigenvalue weighted by atomic mass is 35.5. The molecule has 1 heterocycles. The average Bonchev–Trinajstić information content (AvgIpc) is 2.11. The summed E-state index contributed by atoms with van der Waals surface area (Å²) in [4.78, 5) is 22.5. The molecule has 0 saturated heterocycles. The molecule has 7 heteroatoms. The first-order valence-electron chi connectivity index (χ1n) is 2.27. The lowest BCUT2D eigenvalue weighted by Gasteiger charge is -1.95. The fourth-order valence-electron chi connectivity index (χ4n) is 0.437. The van der Waals surface area contributed by atoms with Gasteiger partial charge in [-0.25, -0.2) is 4.98 Å². The van der Waals surface area contributed by atoms with Crippen molar-refractivity contribution in [3.63, 3.8) is 0 Å². The first-order valence-corrected chi connectivity index (χ1v) is 4.26. The Bertz CT molecular complexity index is 279. The van der Waals surface area contributed by atoms with Crippen molar-refractivity contribution in [2.24, 2.45) is 0 Å². The van der Waals surface area contributed by atoms with Gasteiger partial charge >= 0.3 is 7.60 Å². The monoisotopic (exact) mass is 182 g/mol. The number of hydrogen-bond acceptors (Lipinski definition) is 2. The normalized spacial score (nSPS) is 11.9. The second-order valence-electron chi connectivity index (χ2n) is 1.60. The van der Waals surface area contributed by atoms with Crippen LogP contribution < -0.4 is 5.57 Å². The topological polar surface area (TPSA) is 86.2 Å². The summed E-state index contributed by atoms with van der Waals surface area (Å²) >= 11 is 5.31. The Hall–Kier alpha value is -0.350. The molecule has 0 fully saturated rings. The van der Waals surface area contributed by atoms with Gasteiger partial charge in [-0.05, 0) is 0 Å². The van der Waals surface area contributed by atoms with Crippen LogP contribution in [0.25, 0.3) is 0 Å². The van der Waals surface area contributed by atoms with E-state index in [1.807, 2.05) is 0 Å². The summed E-state index contributed by atoms with van der Waals surface area (Å²) in [6, 6.07) is 0. The van der Waals surface area contributed by atoms with Crippen LogP contribution in [-0.2, 0) is 4.57 Å². The van der Waals surface area contributed by atoms with E-state index in [1.165, 1.54) is 0 Å². The van der Waals surface area contributed by atoms with Crippen LogP contribution in [0, 0.1) is 0 Å². The number of aromatic amines is 1. The predicted octanol–water partition coefficient (Wildman–Crippen LogP) is -0.134. The number of halogens is 1. The maximum Gasteiger partial charge on any atom is 0.391 e. The molecule has 1 aromatic heterocycles. The summed E-state index contributed by atoms with van der Waals surface area (Å²) in [6.45, 7) is 0. The minimum absolute atomic E-state index is 0.110. The molecule has 10 heavy (non-hydrogen) atoms. The standard InChI is InChI=1S/C3H4ClN2O3P/c4-2-1-5-3(6-2)10(7,8)9/h1H,(H,5,6)(H2,7,8,9). The molecule has 0 aromatic carbocycles. The Balaban J connectivity index is 3.08. The van der Waals surface area contributed by atoms with E-state index in [0.717, 1.165) is 6.20 Å². The maximum absolute atomic E-state index is 10.4. The van der Waals surface area contributed by atoms with Gasteiger partial charge in [-0.2, -0.15) is 0 Å². The first-order chi connectivity index (χ1) is 4.50. The zero-order chi connectivity index (χ0) is 7.78. The van der Waals surface area contributed by atoms with E-state index in [9.17, 15) is 4.57 Å². The quantitative estimate of drug-likeness (QED) is 0.528. The molecule has 5 nitrogen and oxygen atoms in total. The van der Waals surface area contributed by atoms with Crippen LogP contribution in [0.2, 0.25) is 5.15 Å². The summed E-state index contributed by atoms with van der Waals surface area (Å²) in [5, 5.41) is 0.110. The van der Waals surface area contributed by atoms with E-state index in [-0.39, 0.29) is 5.15 Å². The zero-order valence-corrected chi connectivity index (χ0v) is 6.30. The summed E-state index contributed by atoms with van der Waals surface area (Å²) < 4.78 is 10.4. The van der Waals surface area contributed by atoms with Crippen LogP contribution in [0.5, 0.6) is 0 Å². The minimum atomic E-state index is -4.25. The maximum atomic E-state index is 10.4. The Kier molecular flexibility index (Phi) is 1.83. The van der Waals surface area contributed by atoms with Crippen molar-refractivity contribution in [1.29, 1.82) is 0 Å². The molecule has 0 bridgehead atoms. The summed E-state index contributed by atoms with van der Waals surface area (Å²) in [5.74, 6) is 0. The average molecular weight is 183 g/mol. The molecule has 0 unspecified atom stereocenters. The molecule has 1 rings (SSSR count). The van der Waals surface area contributed by atoms with Gasteiger partial charge in [0.05, 0.1) is 6.20 Å². The van der Waals surface area contributed by atoms with Crippen molar-refractivity contribution in [2.75, 3.05) is 0 Å². The number of imidazole rings is 1. The molecular formula is C3H4ClN2O3P. The SMILES string of the molecule is O=P(O)(O)c1ncc(Cl)[nH]1. The number of hydrogen-bond donors (Lipinski definition) is 3. The fraction of sp³-hybridized carbons (Fsp3) is 0. The Labute approximate surface area is 61.2 Å². The molecule has 0 aliphatic carbocycles. The van der Waals surface area contributed by atoms with E-state index >= 15 is 0 Å². The molecule has 0 atom stereocenters. The van der Waals surface area contributed by atoms with E-state index in [4.69, 9.17) is 21.4 Å². The van der Waals surface area contributed by atoms with Crippen molar-refractivity contribution in [1.82, 2.24) is 9.97 Å². The van der Waals surface area contributed by atoms with Gasteiger partial charge < -0.3 is 14.8 Å². The van der Waals surface area contributed by atoms with Gasteiger partial charge in [0, 0.05) is 0 Å². The fourth-order valence-corrected chi connectivity index (χ4v) is 1.12. The number of nitrogens with zero attached hydrogens (tertiary/aromatic N) is 1. The van der Waals surface area contributed by atoms with Crippen LogP contribution in [0.4, 0.5) is 0 Å². The second-order valence-corrected chi connectivity index (χ2v) is 3.52. The van der Waals surface area contributed by atoms with E-state index in [0.29, 0.717) is 0 Å². The number of nitrogens with one attached hydrogen (secondary N) is 1. The van der Waals surface area contributed by atoms with Crippen molar-refractivity contribution >= 4 is 24.8 Å². The van der Waals surface area contributed by atoms with Crippen LogP contribution in [0.1, 0.15) is 0 Å².